The van der Waals surface area contributed by atoms with Crippen LogP contribution in [0.3, 0.4) is 0 Å². The molecule has 0 aliphatic heterocycles. The van der Waals surface area contributed by atoms with Crippen molar-refractivity contribution >= 4 is 13.9 Å². The van der Waals surface area contributed by atoms with E-state index in [9.17, 15) is 10.1 Å². The van der Waals surface area contributed by atoms with Crippen molar-refractivity contribution in [3.63, 3.8) is 0 Å². The lowest BCUT2D eigenvalue weighted by Crippen LogP contribution is -2.36. The summed E-state index contributed by atoms with van der Waals surface area (Å²) in [5.41, 5.74) is 2.77. The van der Waals surface area contributed by atoms with Gasteiger partial charge in [-0.25, -0.2) is 0 Å². The predicted molar refractivity (Wildman–Crippen MR) is 98.8 cm³/mol. The Morgan fingerprint density at radius 2 is 1.61 bits per heavy atom. The number of Topliss-reactive ketones (excluding diaryl/α,β-unsaturated/α-hetero) is 1. The molecule has 0 aromatic rings. The van der Waals surface area contributed by atoms with Gasteiger partial charge in [-0.15, -0.1) is 0 Å². The van der Waals surface area contributed by atoms with E-state index < -0.39 is 13.5 Å². The predicted octanol–water partition coefficient (Wildman–Crippen LogP) is 5.80. The average Bonchev–Trinajstić information content (AvgIpc) is 2.80. The highest BCUT2D eigenvalue weighted by Crippen LogP contribution is 2.51. The number of carbonyl (C=O) groups is 1. The Labute approximate surface area is 143 Å². The summed E-state index contributed by atoms with van der Waals surface area (Å²) >= 11 is 0. The third-order valence-electron chi connectivity index (χ3n) is 5.56. The maximum Gasteiger partial charge on any atom is 0.157 e. The molecular formula is C20H33NOSi. The van der Waals surface area contributed by atoms with Crippen LogP contribution in [0.1, 0.15) is 70.6 Å². The van der Waals surface area contributed by atoms with Crippen molar-refractivity contribution in [3.8, 4) is 6.07 Å². The fourth-order valence-corrected chi connectivity index (χ4v) is 5.88. The van der Waals surface area contributed by atoms with Gasteiger partial charge in [0.1, 0.15) is 5.41 Å². The van der Waals surface area contributed by atoms with Crippen molar-refractivity contribution in [2.75, 3.05) is 0 Å². The molecule has 0 saturated heterocycles. The zero-order chi connectivity index (χ0) is 16.9. The number of nitrogens with zero attached hydrogens (tertiary/aromatic N) is 1. The van der Waals surface area contributed by atoms with Crippen LogP contribution in [-0.4, -0.2) is 13.9 Å². The summed E-state index contributed by atoms with van der Waals surface area (Å²) in [7, 11) is -1.43. The third kappa shape index (κ3) is 4.35. The lowest BCUT2D eigenvalue weighted by atomic mass is 9.70. The Morgan fingerprint density at radius 1 is 1.00 bits per heavy atom. The molecule has 23 heavy (non-hydrogen) atoms. The summed E-state index contributed by atoms with van der Waals surface area (Å²) in [6.07, 6.45) is 12.1. The van der Waals surface area contributed by atoms with Crippen LogP contribution >= 0.6 is 0 Å². The van der Waals surface area contributed by atoms with Crippen molar-refractivity contribution in [3.05, 3.63) is 11.3 Å². The number of nitriles is 1. The average molecular weight is 332 g/mol. The molecule has 2 saturated carbocycles. The van der Waals surface area contributed by atoms with E-state index in [2.05, 4.69) is 31.4 Å². The summed E-state index contributed by atoms with van der Waals surface area (Å²) < 4.78 is 0. The second kappa shape index (κ2) is 7.79. The van der Waals surface area contributed by atoms with Crippen LogP contribution < -0.4 is 0 Å². The van der Waals surface area contributed by atoms with Crippen molar-refractivity contribution in [2.24, 2.45) is 11.3 Å². The Hall–Kier alpha value is -0.883. The fraction of sp³-hybridized carbons (Fsp3) is 0.800. The molecule has 0 bridgehead atoms. The van der Waals surface area contributed by atoms with E-state index in [1.807, 2.05) is 0 Å². The van der Waals surface area contributed by atoms with Crippen LogP contribution in [0.15, 0.2) is 11.3 Å². The van der Waals surface area contributed by atoms with Gasteiger partial charge in [0.15, 0.2) is 5.78 Å². The quantitative estimate of drug-likeness (QED) is 0.569. The molecular weight excluding hydrogens is 298 g/mol. The van der Waals surface area contributed by atoms with Crippen molar-refractivity contribution in [1.82, 2.24) is 0 Å². The first-order valence-corrected chi connectivity index (χ1v) is 13.1. The van der Waals surface area contributed by atoms with E-state index in [0.29, 0.717) is 6.42 Å². The molecule has 2 fully saturated rings. The molecule has 0 N–H and O–H groups in total. The van der Waals surface area contributed by atoms with Crippen LogP contribution in [-0.2, 0) is 4.79 Å². The van der Waals surface area contributed by atoms with Gasteiger partial charge in [0.05, 0.1) is 14.1 Å². The number of allylic oxidation sites excluding steroid dienone is 1. The van der Waals surface area contributed by atoms with E-state index in [1.54, 1.807) is 0 Å². The summed E-state index contributed by atoms with van der Waals surface area (Å²) in [6, 6.07) is 2.56. The van der Waals surface area contributed by atoms with Gasteiger partial charge in [-0.1, -0.05) is 69.4 Å². The number of rotatable bonds is 1. The molecule has 2 nitrogen and oxygen atoms in total. The number of carbonyl (C=O) groups excluding carboxylic acids is 1. The molecule has 128 valence electrons. The molecule has 2 rings (SSSR count). The molecule has 0 spiro atoms. The molecule has 2 atom stereocenters. The smallest absolute Gasteiger partial charge is 0.157 e. The van der Waals surface area contributed by atoms with E-state index in [-0.39, 0.29) is 11.7 Å². The topological polar surface area (TPSA) is 40.9 Å². The maximum absolute atomic E-state index is 13.1. The normalized spacial score (nSPS) is 32.7. The molecule has 2 aliphatic carbocycles. The van der Waals surface area contributed by atoms with Crippen LogP contribution in [0.5, 0.6) is 0 Å². The van der Waals surface area contributed by atoms with Gasteiger partial charge >= 0.3 is 0 Å². The summed E-state index contributed by atoms with van der Waals surface area (Å²) in [5.74, 6) is 0.495. The van der Waals surface area contributed by atoms with E-state index in [4.69, 9.17) is 0 Å². The van der Waals surface area contributed by atoms with Gasteiger partial charge in [-0.2, -0.15) is 5.26 Å². The second-order valence-corrected chi connectivity index (χ2v) is 13.6. The minimum atomic E-state index is -1.43. The highest BCUT2D eigenvalue weighted by molar-refractivity contribution is 6.81. The van der Waals surface area contributed by atoms with E-state index >= 15 is 0 Å². The molecule has 0 aromatic heterocycles. The van der Waals surface area contributed by atoms with Gasteiger partial charge in [0.25, 0.3) is 0 Å². The zero-order valence-electron chi connectivity index (χ0n) is 15.3. The number of hydrogen-bond acceptors (Lipinski definition) is 2. The summed E-state index contributed by atoms with van der Waals surface area (Å²) in [4.78, 5) is 13.1. The van der Waals surface area contributed by atoms with Crippen molar-refractivity contribution in [1.29, 1.82) is 5.26 Å². The molecule has 0 heterocycles. The van der Waals surface area contributed by atoms with Gasteiger partial charge in [-0.05, 0) is 31.6 Å². The standard InChI is InChI=1S/C20H33NOSi/c1-23(2,3)15-18-14-13-17-11-9-7-5-4-6-8-10-12-19(22)20(17,18)16-21/h15,17H,4-14H2,1-3H3/b18-15+/t17-,20+/m0/s1. The van der Waals surface area contributed by atoms with Crippen LogP contribution in [0.4, 0.5) is 0 Å². The lowest BCUT2D eigenvalue weighted by molar-refractivity contribution is -0.126. The van der Waals surface area contributed by atoms with Crippen molar-refractivity contribution in [2.45, 2.75) is 90.3 Å². The highest BCUT2D eigenvalue weighted by Gasteiger charge is 2.51. The van der Waals surface area contributed by atoms with Crippen LogP contribution in [0, 0.1) is 22.7 Å². The largest absolute Gasteiger partial charge is 0.298 e. The van der Waals surface area contributed by atoms with E-state index in [0.717, 1.165) is 32.1 Å². The molecule has 0 amide bonds. The Bertz CT molecular complexity index is 497. The van der Waals surface area contributed by atoms with Gasteiger partial charge < -0.3 is 0 Å². The Balaban J connectivity index is 2.34. The minimum Gasteiger partial charge on any atom is -0.298 e. The number of ketones is 1. The van der Waals surface area contributed by atoms with Gasteiger partial charge in [0, 0.05) is 6.42 Å². The van der Waals surface area contributed by atoms with Gasteiger partial charge in [-0.3, -0.25) is 4.79 Å². The Morgan fingerprint density at radius 3 is 2.22 bits per heavy atom. The van der Waals surface area contributed by atoms with Gasteiger partial charge in [0.2, 0.25) is 0 Å². The monoisotopic (exact) mass is 331 g/mol. The van der Waals surface area contributed by atoms with Crippen LogP contribution in [0.2, 0.25) is 19.6 Å². The molecule has 2 aliphatic rings. The third-order valence-corrected chi connectivity index (χ3v) is 6.78. The second-order valence-electron chi connectivity index (χ2n) is 8.63. The lowest BCUT2D eigenvalue weighted by Gasteiger charge is -2.30. The Kier molecular flexibility index (Phi) is 6.25. The number of hydrogen-bond donors (Lipinski definition) is 0. The fourth-order valence-electron chi connectivity index (χ4n) is 4.46. The molecule has 0 unspecified atom stereocenters. The maximum atomic E-state index is 13.1. The summed E-state index contributed by atoms with van der Waals surface area (Å²) in [6.45, 7) is 6.91. The molecule has 0 aromatic carbocycles. The zero-order valence-corrected chi connectivity index (χ0v) is 16.3. The summed E-state index contributed by atoms with van der Waals surface area (Å²) in [5, 5.41) is 10.1. The SMILES string of the molecule is C[Si](C)(C)/C=C1\CC[C@@H]2CCCCCCCCCC(=O)[C@@]12C#N. The molecule has 0 radical (unpaired) electrons. The van der Waals surface area contributed by atoms with E-state index in [1.165, 1.54) is 37.7 Å². The molecule has 3 heteroatoms. The minimum absolute atomic E-state index is 0.229. The van der Waals surface area contributed by atoms with Crippen molar-refractivity contribution < 1.29 is 4.79 Å². The first kappa shape index (κ1) is 18.5. The highest BCUT2D eigenvalue weighted by atomic mass is 28.3. The number of fused-ring (bicyclic) bond motifs is 1. The van der Waals surface area contributed by atoms with Crippen LogP contribution in [0.25, 0.3) is 0 Å². The first-order chi connectivity index (χ1) is 10.9. The first-order valence-electron chi connectivity index (χ1n) is 9.57.